The first kappa shape index (κ1) is 14.9. The summed E-state index contributed by atoms with van der Waals surface area (Å²) in [6.07, 6.45) is 1.05. The van der Waals surface area contributed by atoms with Crippen LogP contribution in [0.5, 0.6) is 0 Å². The number of ether oxygens (including phenoxy) is 1. The number of hydrogen-bond donors (Lipinski definition) is 0. The van der Waals surface area contributed by atoms with Crippen LogP contribution in [0.1, 0.15) is 17.4 Å². The number of nitrogens with zero attached hydrogens (tertiary/aromatic N) is 2. The number of halogens is 1. The van der Waals surface area contributed by atoms with E-state index in [-0.39, 0.29) is 18.0 Å². The Hall–Kier alpha value is -1.15. The third kappa shape index (κ3) is 3.42. The monoisotopic (exact) mass is 336 g/mol. The molecule has 1 aromatic heterocycles. The number of sulfonamides is 1. The fourth-order valence-electron chi connectivity index (χ4n) is 1.21. The van der Waals surface area contributed by atoms with Crippen molar-refractivity contribution in [2.45, 2.75) is 6.92 Å². The van der Waals surface area contributed by atoms with E-state index < -0.39 is 16.0 Å². The second-order valence-corrected chi connectivity index (χ2v) is 6.28. The summed E-state index contributed by atoms with van der Waals surface area (Å²) in [6.45, 7) is 1.85. The van der Waals surface area contributed by atoms with Gasteiger partial charge in [-0.1, -0.05) is 0 Å². The molecule has 0 saturated heterocycles. The van der Waals surface area contributed by atoms with Gasteiger partial charge in [-0.05, 0) is 35.0 Å². The molecule has 1 heterocycles. The van der Waals surface area contributed by atoms with Gasteiger partial charge in [-0.25, -0.2) is 18.2 Å². The topological polar surface area (TPSA) is 76.6 Å². The summed E-state index contributed by atoms with van der Waals surface area (Å²) in [6, 6.07) is 3.05. The standard InChI is InChI=1S/C10H13BrN2O4S/c1-4-17-10(14)9-7(5-6-8(11)12-9)13(2)18(3,15)16/h5-6H,4H2,1-3H3. The van der Waals surface area contributed by atoms with Crippen LogP contribution in [0.2, 0.25) is 0 Å². The molecule has 0 spiro atoms. The van der Waals surface area contributed by atoms with E-state index in [1.165, 1.54) is 13.1 Å². The highest BCUT2D eigenvalue weighted by atomic mass is 79.9. The Balaban J connectivity index is 3.32. The molecule has 0 amide bonds. The largest absolute Gasteiger partial charge is 0.461 e. The fraction of sp³-hybridized carbons (Fsp3) is 0.400. The Labute approximate surface area is 114 Å². The first-order valence-electron chi connectivity index (χ1n) is 5.05. The van der Waals surface area contributed by atoms with E-state index in [4.69, 9.17) is 4.74 Å². The number of carbonyl (C=O) groups is 1. The van der Waals surface area contributed by atoms with Gasteiger partial charge in [0.15, 0.2) is 5.69 Å². The molecule has 0 unspecified atom stereocenters. The van der Waals surface area contributed by atoms with Crippen LogP contribution in [-0.4, -0.2) is 39.3 Å². The molecule has 1 aromatic rings. The van der Waals surface area contributed by atoms with Crippen LogP contribution in [0.25, 0.3) is 0 Å². The van der Waals surface area contributed by atoms with Crippen LogP contribution >= 0.6 is 15.9 Å². The van der Waals surface area contributed by atoms with Crippen molar-refractivity contribution in [2.24, 2.45) is 0 Å². The Morgan fingerprint density at radius 3 is 2.61 bits per heavy atom. The van der Waals surface area contributed by atoms with E-state index >= 15 is 0 Å². The maximum absolute atomic E-state index is 11.7. The van der Waals surface area contributed by atoms with E-state index in [1.807, 2.05) is 0 Å². The molecule has 0 aliphatic rings. The van der Waals surface area contributed by atoms with Crippen LogP contribution in [0, 0.1) is 0 Å². The Kier molecular flexibility index (Phi) is 4.69. The molecule has 0 atom stereocenters. The lowest BCUT2D eigenvalue weighted by atomic mass is 10.3. The number of anilines is 1. The molecule has 0 N–H and O–H groups in total. The molecule has 0 aliphatic heterocycles. The van der Waals surface area contributed by atoms with Crippen LogP contribution in [0.3, 0.4) is 0 Å². The molecule has 0 radical (unpaired) electrons. The second-order valence-electron chi connectivity index (χ2n) is 3.45. The summed E-state index contributed by atoms with van der Waals surface area (Å²) in [7, 11) is -2.12. The first-order valence-corrected chi connectivity index (χ1v) is 7.69. The molecular weight excluding hydrogens is 324 g/mol. The van der Waals surface area contributed by atoms with Gasteiger partial charge >= 0.3 is 5.97 Å². The van der Waals surface area contributed by atoms with E-state index in [9.17, 15) is 13.2 Å². The summed E-state index contributed by atoms with van der Waals surface area (Å²) in [5.41, 5.74) is 0.137. The van der Waals surface area contributed by atoms with Gasteiger partial charge in [-0.2, -0.15) is 0 Å². The van der Waals surface area contributed by atoms with E-state index in [0.717, 1.165) is 10.6 Å². The quantitative estimate of drug-likeness (QED) is 0.613. The van der Waals surface area contributed by atoms with E-state index in [1.54, 1.807) is 13.0 Å². The van der Waals surface area contributed by atoms with Crippen LogP contribution in [0.4, 0.5) is 5.69 Å². The SMILES string of the molecule is CCOC(=O)c1nc(Br)ccc1N(C)S(C)(=O)=O. The van der Waals surface area contributed by atoms with Crippen molar-refractivity contribution in [2.75, 3.05) is 24.2 Å². The van der Waals surface area contributed by atoms with Gasteiger partial charge in [-0.3, -0.25) is 4.31 Å². The van der Waals surface area contributed by atoms with Gasteiger partial charge < -0.3 is 4.74 Å². The van der Waals surface area contributed by atoms with Crippen LogP contribution in [-0.2, 0) is 14.8 Å². The van der Waals surface area contributed by atoms with Crippen molar-refractivity contribution in [1.82, 2.24) is 4.98 Å². The summed E-state index contributed by atoms with van der Waals surface area (Å²) in [5.74, 6) is -0.663. The van der Waals surface area contributed by atoms with Gasteiger partial charge in [0.2, 0.25) is 10.0 Å². The molecule has 0 aliphatic carbocycles. The number of esters is 1. The maximum Gasteiger partial charge on any atom is 0.359 e. The molecule has 1 rings (SSSR count). The Bertz CT molecular complexity index is 559. The van der Waals surface area contributed by atoms with Crippen molar-refractivity contribution in [3.63, 3.8) is 0 Å². The minimum Gasteiger partial charge on any atom is -0.461 e. The fourth-order valence-corrected chi connectivity index (χ4v) is 2.02. The van der Waals surface area contributed by atoms with Crippen LogP contribution in [0.15, 0.2) is 16.7 Å². The average Bonchev–Trinajstić information content (AvgIpc) is 2.27. The van der Waals surface area contributed by atoms with E-state index in [2.05, 4.69) is 20.9 Å². The molecule has 0 saturated carbocycles. The maximum atomic E-state index is 11.7. The predicted octanol–water partition coefficient (Wildman–Crippen LogP) is 1.42. The molecule has 6 nitrogen and oxygen atoms in total. The smallest absolute Gasteiger partial charge is 0.359 e. The Morgan fingerprint density at radius 1 is 1.50 bits per heavy atom. The molecule has 18 heavy (non-hydrogen) atoms. The molecule has 8 heteroatoms. The summed E-state index contributed by atoms with van der Waals surface area (Å²) in [4.78, 5) is 15.7. The summed E-state index contributed by atoms with van der Waals surface area (Å²) < 4.78 is 29.2. The second kappa shape index (κ2) is 5.66. The third-order valence-electron chi connectivity index (χ3n) is 2.15. The normalized spacial score (nSPS) is 11.1. The molecule has 100 valence electrons. The zero-order valence-corrected chi connectivity index (χ0v) is 12.6. The number of pyridine rings is 1. The summed E-state index contributed by atoms with van der Waals surface area (Å²) in [5, 5.41) is 0. The number of aromatic nitrogens is 1. The van der Waals surface area contributed by atoms with E-state index in [0.29, 0.717) is 4.60 Å². The summed E-state index contributed by atoms with van der Waals surface area (Å²) >= 11 is 3.13. The van der Waals surface area contributed by atoms with Crippen molar-refractivity contribution >= 4 is 37.6 Å². The average molecular weight is 337 g/mol. The number of hydrogen-bond acceptors (Lipinski definition) is 5. The minimum atomic E-state index is -3.47. The Morgan fingerprint density at radius 2 is 2.11 bits per heavy atom. The highest BCUT2D eigenvalue weighted by Crippen LogP contribution is 2.23. The van der Waals surface area contributed by atoms with Crippen LogP contribution < -0.4 is 4.31 Å². The van der Waals surface area contributed by atoms with Gasteiger partial charge in [0.25, 0.3) is 0 Å². The number of carbonyl (C=O) groups excluding carboxylic acids is 1. The lowest BCUT2D eigenvalue weighted by Gasteiger charge is -2.18. The van der Waals surface area contributed by atoms with Crippen molar-refractivity contribution < 1.29 is 17.9 Å². The lowest BCUT2D eigenvalue weighted by molar-refractivity contribution is 0.0520. The highest BCUT2D eigenvalue weighted by molar-refractivity contribution is 9.10. The molecule has 0 bridgehead atoms. The molecule has 0 aromatic carbocycles. The lowest BCUT2D eigenvalue weighted by Crippen LogP contribution is -2.27. The zero-order chi connectivity index (χ0) is 13.9. The van der Waals surface area contributed by atoms with Gasteiger partial charge in [0.1, 0.15) is 4.60 Å². The van der Waals surface area contributed by atoms with Gasteiger partial charge in [0, 0.05) is 7.05 Å². The highest BCUT2D eigenvalue weighted by Gasteiger charge is 2.22. The third-order valence-corrected chi connectivity index (χ3v) is 3.78. The first-order chi connectivity index (χ1) is 8.27. The molecular formula is C10H13BrN2O4S. The minimum absolute atomic E-state index is 0.0425. The number of rotatable bonds is 4. The van der Waals surface area contributed by atoms with Crippen molar-refractivity contribution in [3.05, 3.63) is 22.4 Å². The van der Waals surface area contributed by atoms with Crippen molar-refractivity contribution in [1.29, 1.82) is 0 Å². The molecule has 0 fully saturated rings. The van der Waals surface area contributed by atoms with Gasteiger partial charge in [0.05, 0.1) is 18.6 Å². The zero-order valence-electron chi connectivity index (χ0n) is 10.2. The van der Waals surface area contributed by atoms with Crippen molar-refractivity contribution in [3.8, 4) is 0 Å². The predicted molar refractivity (Wildman–Crippen MR) is 71.1 cm³/mol. The van der Waals surface area contributed by atoms with Gasteiger partial charge in [-0.15, -0.1) is 0 Å².